The number of carbonyl (C=O) groups is 1. The van der Waals surface area contributed by atoms with Gasteiger partial charge in [0.1, 0.15) is 11.6 Å². The second-order valence-corrected chi connectivity index (χ2v) is 6.66. The predicted octanol–water partition coefficient (Wildman–Crippen LogP) is 3.86. The average Bonchev–Trinajstić information content (AvgIpc) is 2.91. The van der Waals surface area contributed by atoms with Crippen LogP contribution < -0.4 is 10.6 Å². The molecule has 124 valence electrons. The molecule has 4 N–H and O–H groups in total. The van der Waals surface area contributed by atoms with E-state index < -0.39 is 0 Å². The fourth-order valence-corrected chi connectivity index (χ4v) is 2.39. The molecule has 3 aromatic rings. The molecule has 6 heteroatoms. The van der Waals surface area contributed by atoms with Gasteiger partial charge in [-0.1, -0.05) is 12.1 Å². The van der Waals surface area contributed by atoms with Crippen molar-refractivity contribution in [3.05, 3.63) is 42.5 Å². The van der Waals surface area contributed by atoms with Gasteiger partial charge in [-0.25, -0.2) is 9.78 Å². The highest BCUT2D eigenvalue weighted by Gasteiger charge is 2.15. The van der Waals surface area contributed by atoms with Gasteiger partial charge in [0.2, 0.25) is 0 Å². The lowest BCUT2D eigenvalue weighted by Gasteiger charge is -2.20. The van der Waals surface area contributed by atoms with E-state index in [-0.39, 0.29) is 17.3 Å². The number of anilines is 1. The number of amides is 2. The minimum absolute atomic E-state index is 0.0934. The van der Waals surface area contributed by atoms with Gasteiger partial charge in [0.05, 0.1) is 16.6 Å². The Balaban J connectivity index is 1.90. The summed E-state index contributed by atoms with van der Waals surface area (Å²) in [6, 6.07) is 12.2. The Labute approximate surface area is 139 Å². The van der Waals surface area contributed by atoms with Gasteiger partial charge >= 0.3 is 6.03 Å². The third-order valence-corrected chi connectivity index (χ3v) is 3.39. The number of para-hydroxylation sites is 2. The Morgan fingerprint density at radius 1 is 1.17 bits per heavy atom. The van der Waals surface area contributed by atoms with Gasteiger partial charge in [-0.3, -0.25) is 0 Å². The van der Waals surface area contributed by atoms with Crippen molar-refractivity contribution >= 4 is 22.8 Å². The van der Waals surface area contributed by atoms with Crippen molar-refractivity contribution in [1.82, 2.24) is 15.3 Å². The Morgan fingerprint density at radius 2 is 1.92 bits per heavy atom. The van der Waals surface area contributed by atoms with Gasteiger partial charge in [0.15, 0.2) is 0 Å². The van der Waals surface area contributed by atoms with E-state index in [9.17, 15) is 9.90 Å². The van der Waals surface area contributed by atoms with Crippen LogP contribution in [0.3, 0.4) is 0 Å². The fourth-order valence-electron chi connectivity index (χ4n) is 2.39. The van der Waals surface area contributed by atoms with E-state index >= 15 is 0 Å². The highest BCUT2D eigenvalue weighted by molar-refractivity contribution is 5.91. The molecule has 0 saturated carbocycles. The number of phenolic OH excluding ortho intramolecular Hbond substituents is 1. The van der Waals surface area contributed by atoms with Crippen LogP contribution in [0, 0.1) is 0 Å². The molecule has 0 bridgehead atoms. The number of hydrogen-bond acceptors (Lipinski definition) is 3. The van der Waals surface area contributed by atoms with Crippen molar-refractivity contribution in [2.45, 2.75) is 26.3 Å². The highest BCUT2D eigenvalue weighted by atomic mass is 16.3. The summed E-state index contributed by atoms with van der Waals surface area (Å²) in [5.74, 6) is 0.643. The van der Waals surface area contributed by atoms with Crippen LogP contribution in [0.4, 0.5) is 10.5 Å². The number of nitrogens with one attached hydrogen (secondary N) is 3. The Morgan fingerprint density at radius 3 is 2.62 bits per heavy atom. The number of phenols is 1. The molecular formula is C18H20N4O2. The molecular weight excluding hydrogens is 304 g/mol. The fraction of sp³-hybridized carbons (Fsp3) is 0.222. The summed E-state index contributed by atoms with van der Waals surface area (Å²) in [6.07, 6.45) is 0. The number of fused-ring (bicyclic) bond motifs is 1. The van der Waals surface area contributed by atoms with Crippen molar-refractivity contribution in [3.63, 3.8) is 0 Å². The molecule has 0 radical (unpaired) electrons. The molecule has 6 nitrogen and oxygen atoms in total. The van der Waals surface area contributed by atoms with Gasteiger partial charge in [-0.2, -0.15) is 0 Å². The van der Waals surface area contributed by atoms with E-state index in [1.807, 2.05) is 45.0 Å². The van der Waals surface area contributed by atoms with E-state index in [1.54, 1.807) is 12.1 Å². The summed E-state index contributed by atoms with van der Waals surface area (Å²) >= 11 is 0. The third-order valence-electron chi connectivity index (χ3n) is 3.39. The summed E-state index contributed by atoms with van der Waals surface area (Å²) < 4.78 is 0. The number of aromatic amines is 1. The quantitative estimate of drug-likeness (QED) is 0.540. The molecule has 1 aromatic heterocycles. The lowest BCUT2D eigenvalue weighted by molar-refractivity contribution is 0.244. The molecule has 0 atom stereocenters. The maximum atomic E-state index is 12.0. The topological polar surface area (TPSA) is 90.0 Å². The monoisotopic (exact) mass is 324 g/mol. The van der Waals surface area contributed by atoms with Crippen LogP contribution in [-0.4, -0.2) is 26.6 Å². The van der Waals surface area contributed by atoms with E-state index in [0.29, 0.717) is 17.1 Å². The third kappa shape index (κ3) is 3.48. The molecule has 1 heterocycles. The number of urea groups is 1. The van der Waals surface area contributed by atoms with Gasteiger partial charge in [0, 0.05) is 11.2 Å². The normalized spacial score (nSPS) is 11.5. The lowest BCUT2D eigenvalue weighted by atomic mass is 10.1. The Bertz CT molecular complexity index is 860. The van der Waals surface area contributed by atoms with Crippen LogP contribution in [0.1, 0.15) is 20.8 Å². The van der Waals surface area contributed by atoms with Crippen molar-refractivity contribution in [1.29, 1.82) is 0 Å². The first-order valence-corrected chi connectivity index (χ1v) is 7.69. The van der Waals surface area contributed by atoms with Crippen molar-refractivity contribution in [3.8, 4) is 17.1 Å². The number of aromatic hydroxyl groups is 1. The first-order valence-electron chi connectivity index (χ1n) is 7.69. The van der Waals surface area contributed by atoms with Crippen LogP contribution in [0.25, 0.3) is 22.4 Å². The molecule has 0 aliphatic carbocycles. The summed E-state index contributed by atoms with van der Waals surface area (Å²) in [7, 11) is 0. The highest BCUT2D eigenvalue weighted by Crippen LogP contribution is 2.31. The molecule has 2 amide bonds. The van der Waals surface area contributed by atoms with E-state index in [4.69, 9.17) is 0 Å². The largest absolute Gasteiger partial charge is 0.507 e. The standard InChI is InChI=1S/C18H20N4O2/c1-18(2,3)22-17(24)19-11-8-9-15(23)12(10-11)16-20-13-6-4-5-7-14(13)21-16/h4-10,23H,1-3H3,(H,20,21)(H2,19,22,24). The molecule has 24 heavy (non-hydrogen) atoms. The van der Waals surface area contributed by atoms with Crippen LogP contribution in [0.5, 0.6) is 5.75 Å². The van der Waals surface area contributed by atoms with Gasteiger partial charge in [-0.05, 0) is 51.1 Å². The first kappa shape index (κ1) is 15.9. The van der Waals surface area contributed by atoms with E-state index in [1.165, 1.54) is 6.07 Å². The van der Waals surface area contributed by atoms with Crippen LogP contribution in [-0.2, 0) is 0 Å². The molecule has 0 fully saturated rings. The lowest BCUT2D eigenvalue weighted by Crippen LogP contribution is -2.43. The number of rotatable bonds is 2. The zero-order chi connectivity index (χ0) is 17.3. The van der Waals surface area contributed by atoms with Crippen molar-refractivity contribution < 1.29 is 9.90 Å². The van der Waals surface area contributed by atoms with Crippen molar-refractivity contribution in [2.24, 2.45) is 0 Å². The Hall–Kier alpha value is -3.02. The van der Waals surface area contributed by atoms with E-state index in [2.05, 4.69) is 20.6 Å². The SMILES string of the molecule is CC(C)(C)NC(=O)Nc1ccc(O)c(-c2nc3ccccc3[nH]2)c1. The number of carbonyl (C=O) groups excluding carboxylic acids is 1. The average molecular weight is 324 g/mol. The maximum absolute atomic E-state index is 12.0. The zero-order valence-electron chi connectivity index (χ0n) is 13.8. The van der Waals surface area contributed by atoms with Gasteiger partial charge < -0.3 is 20.7 Å². The second-order valence-electron chi connectivity index (χ2n) is 6.66. The molecule has 0 spiro atoms. The molecule has 0 aliphatic heterocycles. The number of nitrogens with zero attached hydrogens (tertiary/aromatic N) is 1. The van der Waals surface area contributed by atoms with Crippen molar-refractivity contribution in [2.75, 3.05) is 5.32 Å². The molecule has 0 unspecified atom stereocenters. The molecule has 3 rings (SSSR count). The number of aromatic nitrogens is 2. The number of imidazole rings is 1. The zero-order valence-corrected chi connectivity index (χ0v) is 13.8. The Kier molecular flexibility index (Phi) is 3.89. The smallest absolute Gasteiger partial charge is 0.319 e. The molecule has 2 aromatic carbocycles. The van der Waals surface area contributed by atoms with Crippen LogP contribution >= 0.6 is 0 Å². The second kappa shape index (κ2) is 5.88. The van der Waals surface area contributed by atoms with Gasteiger partial charge in [0.25, 0.3) is 0 Å². The number of H-pyrrole nitrogens is 1. The first-order chi connectivity index (χ1) is 11.3. The van der Waals surface area contributed by atoms with Gasteiger partial charge in [-0.15, -0.1) is 0 Å². The maximum Gasteiger partial charge on any atom is 0.319 e. The summed E-state index contributed by atoms with van der Waals surface area (Å²) in [5, 5.41) is 15.7. The number of benzene rings is 2. The summed E-state index contributed by atoms with van der Waals surface area (Å²) in [6.45, 7) is 5.72. The number of hydrogen-bond donors (Lipinski definition) is 4. The summed E-state index contributed by atoms with van der Waals surface area (Å²) in [4.78, 5) is 19.6. The molecule has 0 saturated heterocycles. The van der Waals surface area contributed by atoms with Crippen LogP contribution in [0.2, 0.25) is 0 Å². The van der Waals surface area contributed by atoms with Crippen LogP contribution in [0.15, 0.2) is 42.5 Å². The minimum atomic E-state index is -0.331. The van der Waals surface area contributed by atoms with E-state index in [0.717, 1.165) is 11.0 Å². The summed E-state index contributed by atoms with van der Waals surface area (Å²) in [5.41, 5.74) is 2.47. The minimum Gasteiger partial charge on any atom is -0.507 e. The predicted molar refractivity (Wildman–Crippen MR) is 95.1 cm³/mol. The molecule has 0 aliphatic rings.